The molecule has 3 nitrogen and oxygen atoms in total. The average Bonchev–Trinajstić information content (AvgIpc) is 3.06. The van der Waals surface area contributed by atoms with Crippen molar-refractivity contribution in [2.75, 3.05) is 13.1 Å². The Morgan fingerprint density at radius 1 is 1.24 bits per heavy atom. The predicted octanol–water partition coefficient (Wildman–Crippen LogP) is 4.99. The second kappa shape index (κ2) is 6.73. The molecule has 5 heteroatoms. The van der Waals surface area contributed by atoms with E-state index in [0.29, 0.717) is 5.92 Å². The summed E-state index contributed by atoms with van der Waals surface area (Å²) in [7, 11) is 0. The Bertz CT molecular complexity index is 758. The molecule has 25 heavy (non-hydrogen) atoms. The molecule has 1 aliphatic carbocycles. The van der Waals surface area contributed by atoms with Gasteiger partial charge in [-0.1, -0.05) is 30.2 Å². The lowest BCUT2D eigenvalue weighted by Crippen LogP contribution is -2.37. The molecule has 0 N–H and O–H groups in total. The molecular formula is C20H23ClN2OS. The molecule has 0 spiro atoms. The van der Waals surface area contributed by atoms with Crippen LogP contribution < -0.4 is 0 Å². The van der Waals surface area contributed by atoms with Gasteiger partial charge in [-0.25, -0.2) is 4.98 Å². The zero-order valence-electron chi connectivity index (χ0n) is 14.5. The highest BCUT2D eigenvalue weighted by atomic mass is 35.5. The molecule has 0 atom stereocenters. The summed E-state index contributed by atoms with van der Waals surface area (Å²) >= 11 is 7.87. The Labute approximate surface area is 158 Å². The van der Waals surface area contributed by atoms with Crippen LogP contribution in [0.4, 0.5) is 0 Å². The van der Waals surface area contributed by atoms with Gasteiger partial charge in [-0.15, -0.1) is 11.3 Å². The molecule has 1 aromatic heterocycles. The second-order valence-corrected chi connectivity index (χ2v) is 8.62. The molecule has 1 aromatic carbocycles. The number of nitrogens with zero attached hydrogens (tertiary/aromatic N) is 2. The number of halogens is 1. The molecular weight excluding hydrogens is 352 g/mol. The largest absolute Gasteiger partial charge is 0.343 e. The fraction of sp³-hybridized carbons (Fsp3) is 0.500. The number of hydrogen-bond donors (Lipinski definition) is 0. The van der Waals surface area contributed by atoms with Crippen LogP contribution in [0.3, 0.4) is 0 Å². The van der Waals surface area contributed by atoms with Crippen molar-refractivity contribution in [1.29, 1.82) is 0 Å². The topological polar surface area (TPSA) is 33.2 Å². The minimum atomic E-state index is 0.0828. The second-order valence-electron chi connectivity index (χ2n) is 7.29. The predicted molar refractivity (Wildman–Crippen MR) is 102 cm³/mol. The van der Waals surface area contributed by atoms with E-state index >= 15 is 0 Å². The fourth-order valence-electron chi connectivity index (χ4n) is 4.13. The maximum absolute atomic E-state index is 11.5. The van der Waals surface area contributed by atoms with Crippen LogP contribution in [-0.2, 0) is 10.2 Å². The normalized spacial score (nSPS) is 20.3. The lowest BCUT2D eigenvalue weighted by molar-refractivity contribution is -0.129. The van der Waals surface area contributed by atoms with Gasteiger partial charge in [0.05, 0.1) is 10.7 Å². The minimum Gasteiger partial charge on any atom is -0.343 e. The highest BCUT2D eigenvalue weighted by Gasteiger charge is 2.42. The van der Waals surface area contributed by atoms with E-state index in [1.54, 1.807) is 18.3 Å². The molecule has 2 aromatic rings. The number of amides is 1. The number of hydrogen-bond acceptors (Lipinski definition) is 3. The summed E-state index contributed by atoms with van der Waals surface area (Å²) in [5.41, 5.74) is 2.65. The van der Waals surface area contributed by atoms with Crippen LogP contribution in [0.15, 0.2) is 29.6 Å². The molecule has 0 bridgehead atoms. The van der Waals surface area contributed by atoms with E-state index < -0.39 is 0 Å². The van der Waals surface area contributed by atoms with Crippen LogP contribution in [0.25, 0.3) is 0 Å². The third-order valence-electron chi connectivity index (χ3n) is 5.91. The third-order valence-corrected chi connectivity index (χ3v) is 7.16. The first-order valence-electron chi connectivity index (χ1n) is 9.06. The summed E-state index contributed by atoms with van der Waals surface area (Å²) in [4.78, 5) is 18.5. The molecule has 2 aliphatic rings. The number of rotatable bonds is 3. The number of thiazole rings is 1. The Balaban J connectivity index is 1.54. The van der Waals surface area contributed by atoms with Crippen LogP contribution in [0.5, 0.6) is 0 Å². The van der Waals surface area contributed by atoms with E-state index in [4.69, 9.17) is 16.6 Å². The number of likely N-dealkylation sites (tertiary alicyclic amines) is 1. The standard InChI is InChI=1S/C20H23ClN2OS/c1-14(24)23-11-7-15(8-12-23)19-22-18(13-25-19)20(9-2-10-20)16-3-5-17(21)6-4-16/h3-6,13,15H,2,7-12H2,1H3. The van der Waals surface area contributed by atoms with Crippen LogP contribution in [0.1, 0.15) is 61.2 Å². The van der Waals surface area contributed by atoms with Gasteiger partial charge in [0.15, 0.2) is 0 Å². The molecule has 0 radical (unpaired) electrons. The summed E-state index contributed by atoms with van der Waals surface area (Å²) < 4.78 is 0. The molecule has 2 fully saturated rings. The van der Waals surface area contributed by atoms with Gasteiger partial charge in [-0.3, -0.25) is 4.79 Å². The first-order valence-corrected chi connectivity index (χ1v) is 10.3. The van der Waals surface area contributed by atoms with E-state index in [-0.39, 0.29) is 11.3 Å². The number of aromatic nitrogens is 1. The van der Waals surface area contributed by atoms with Crippen molar-refractivity contribution in [3.63, 3.8) is 0 Å². The molecule has 4 rings (SSSR count). The van der Waals surface area contributed by atoms with Crippen LogP contribution >= 0.6 is 22.9 Å². The van der Waals surface area contributed by atoms with Crippen molar-refractivity contribution >= 4 is 28.8 Å². The fourth-order valence-corrected chi connectivity index (χ4v) is 5.34. The van der Waals surface area contributed by atoms with Crippen molar-refractivity contribution in [2.24, 2.45) is 0 Å². The van der Waals surface area contributed by atoms with Gasteiger partial charge >= 0.3 is 0 Å². The van der Waals surface area contributed by atoms with Crippen molar-refractivity contribution in [2.45, 2.75) is 50.4 Å². The Morgan fingerprint density at radius 2 is 1.92 bits per heavy atom. The summed E-state index contributed by atoms with van der Waals surface area (Å²) in [5, 5.41) is 4.30. The number of carbonyl (C=O) groups excluding carboxylic acids is 1. The molecule has 0 unspecified atom stereocenters. The SMILES string of the molecule is CC(=O)N1CCC(c2nc(C3(c4ccc(Cl)cc4)CCC3)cs2)CC1. The van der Waals surface area contributed by atoms with E-state index in [2.05, 4.69) is 17.5 Å². The van der Waals surface area contributed by atoms with Gasteiger partial charge in [0.25, 0.3) is 0 Å². The summed E-state index contributed by atoms with van der Waals surface area (Å²) in [5.74, 6) is 0.686. The van der Waals surface area contributed by atoms with Gasteiger partial charge in [0.2, 0.25) is 5.91 Å². The highest BCUT2D eigenvalue weighted by molar-refractivity contribution is 7.09. The lowest BCUT2D eigenvalue weighted by Gasteiger charge is -2.41. The molecule has 1 aliphatic heterocycles. The summed E-state index contributed by atoms with van der Waals surface area (Å²) in [6.07, 6.45) is 5.65. The van der Waals surface area contributed by atoms with Crippen LogP contribution in [0, 0.1) is 0 Å². The van der Waals surface area contributed by atoms with Gasteiger partial charge < -0.3 is 4.90 Å². The highest BCUT2D eigenvalue weighted by Crippen LogP contribution is 2.49. The van der Waals surface area contributed by atoms with Gasteiger partial charge in [0, 0.05) is 41.7 Å². The summed E-state index contributed by atoms with van der Waals surface area (Å²) in [6, 6.07) is 8.29. The lowest BCUT2D eigenvalue weighted by atomic mass is 9.63. The molecule has 1 amide bonds. The maximum Gasteiger partial charge on any atom is 0.219 e. The molecule has 2 heterocycles. The minimum absolute atomic E-state index is 0.0828. The molecule has 1 saturated carbocycles. The van der Waals surface area contributed by atoms with E-state index in [9.17, 15) is 4.79 Å². The monoisotopic (exact) mass is 374 g/mol. The van der Waals surface area contributed by atoms with Crippen LogP contribution in [-0.4, -0.2) is 28.9 Å². The Kier molecular flexibility index (Phi) is 4.59. The smallest absolute Gasteiger partial charge is 0.219 e. The third kappa shape index (κ3) is 3.11. The number of carbonyl (C=O) groups is 1. The quantitative estimate of drug-likeness (QED) is 0.758. The van der Waals surface area contributed by atoms with Crippen LogP contribution in [0.2, 0.25) is 5.02 Å². The van der Waals surface area contributed by atoms with E-state index in [1.807, 2.05) is 17.0 Å². The first-order chi connectivity index (χ1) is 12.1. The zero-order chi connectivity index (χ0) is 17.4. The zero-order valence-corrected chi connectivity index (χ0v) is 16.1. The summed E-state index contributed by atoms with van der Waals surface area (Å²) in [6.45, 7) is 3.38. The van der Waals surface area contributed by atoms with E-state index in [0.717, 1.165) is 31.0 Å². The van der Waals surface area contributed by atoms with Crippen molar-refractivity contribution < 1.29 is 4.79 Å². The first kappa shape index (κ1) is 17.0. The Morgan fingerprint density at radius 3 is 2.48 bits per heavy atom. The van der Waals surface area contributed by atoms with Gasteiger partial charge in [-0.2, -0.15) is 0 Å². The van der Waals surface area contributed by atoms with E-state index in [1.165, 1.54) is 35.5 Å². The number of benzene rings is 1. The molecule has 1 saturated heterocycles. The van der Waals surface area contributed by atoms with Crippen molar-refractivity contribution in [1.82, 2.24) is 9.88 Å². The van der Waals surface area contributed by atoms with Gasteiger partial charge in [-0.05, 0) is 43.4 Å². The average molecular weight is 375 g/mol. The number of piperidine rings is 1. The van der Waals surface area contributed by atoms with Crippen molar-refractivity contribution in [3.8, 4) is 0 Å². The molecule has 132 valence electrons. The van der Waals surface area contributed by atoms with Gasteiger partial charge in [0.1, 0.15) is 0 Å². The van der Waals surface area contributed by atoms with Crippen molar-refractivity contribution in [3.05, 3.63) is 50.9 Å². The Hall–Kier alpha value is -1.39. The maximum atomic E-state index is 11.5.